The molecule has 144 valence electrons. The molecule has 1 aliphatic heterocycles. The summed E-state index contributed by atoms with van der Waals surface area (Å²) in [4.78, 5) is 19.3. The van der Waals surface area contributed by atoms with Gasteiger partial charge in [-0.25, -0.2) is 0 Å². The van der Waals surface area contributed by atoms with E-state index in [0.717, 1.165) is 42.9 Å². The van der Waals surface area contributed by atoms with Gasteiger partial charge in [0.15, 0.2) is 0 Å². The molecule has 6 nitrogen and oxygen atoms in total. The molecule has 1 amide bonds. The minimum absolute atomic E-state index is 0.0512. The second-order valence-electron chi connectivity index (χ2n) is 6.71. The quantitative estimate of drug-likeness (QED) is 0.825. The zero-order chi connectivity index (χ0) is 19.2. The first kappa shape index (κ1) is 19.0. The van der Waals surface area contributed by atoms with E-state index >= 15 is 0 Å². The molecule has 0 radical (unpaired) electrons. The molecule has 27 heavy (non-hydrogen) atoms. The van der Waals surface area contributed by atoms with Crippen molar-refractivity contribution in [1.82, 2.24) is 9.88 Å². The summed E-state index contributed by atoms with van der Waals surface area (Å²) in [6, 6.07) is 7.69. The molecule has 1 aromatic heterocycles. The van der Waals surface area contributed by atoms with Crippen molar-refractivity contribution in [2.24, 2.45) is 0 Å². The van der Waals surface area contributed by atoms with Gasteiger partial charge in [-0.3, -0.25) is 9.78 Å². The van der Waals surface area contributed by atoms with Crippen molar-refractivity contribution in [1.29, 1.82) is 0 Å². The predicted octanol–water partition coefficient (Wildman–Crippen LogP) is 4.25. The van der Waals surface area contributed by atoms with Gasteiger partial charge < -0.3 is 19.7 Å². The van der Waals surface area contributed by atoms with E-state index in [1.807, 2.05) is 29.2 Å². The second kappa shape index (κ2) is 8.75. The maximum atomic E-state index is 13.0. The Balaban J connectivity index is 1.82. The van der Waals surface area contributed by atoms with Gasteiger partial charge in [0, 0.05) is 24.8 Å². The first-order valence-electron chi connectivity index (χ1n) is 9.41. The number of anilines is 2. The van der Waals surface area contributed by atoms with Crippen LogP contribution in [0.4, 0.5) is 11.4 Å². The molecule has 6 heteroatoms. The van der Waals surface area contributed by atoms with Crippen LogP contribution in [0.25, 0.3) is 0 Å². The number of likely N-dealkylation sites (tertiary alicyclic amines) is 1. The van der Waals surface area contributed by atoms with Crippen LogP contribution < -0.4 is 14.8 Å². The molecule has 1 unspecified atom stereocenters. The summed E-state index contributed by atoms with van der Waals surface area (Å²) >= 11 is 0. The van der Waals surface area contributed by atoms with Crippen LogP contribution in [0.5, 0.6) is 11.5 Å². The summed E-state index contributed by atoms with van der Waals surface area (Å²) in [7, 11) is 3.24. The van der Waals surface area contributed by atoms with E-state index in [4.69, 9.17) is 9.47 Å². The molecule has 2 aromatic rings. The van der Waals surface area contributed by atoms with Crippen LogP contribution in [0, 0.1) is 0 Å². The Morgan fingerprint density at radius 1 is 1.22 bits per heavy atom. The molecule has 1 aromatic carbocycles. The third-order valence-corrected chi connectivity index (χ3v) is 5.03. The van der Waals surface area contributed by atoms with Gasteiger partial charge in [0.1, 0.15) is 11.5 Å². The molecular formula is C21H27N3O3. The van der Waals surface area contributed by atoms with E-state index < -0.39 is 0 Å². The number of pyridine rings is 1. The zero-order valence-corrected chi connectivity index (χ0v) is 16.2. The molecule has 3 rings (SSSR count). The molecular weight excluding hydrogens is 342 g/mol. The van der Waals surface area contributed by atoms with Gasteiger partial charge in [-0.15, -0.1) is 0 Å². The molecule has 0 bridgehead atoms. The average molecular weight is 369 g/mol. The standard InChI is InChI=1S/C21H27N3O3/c1-4-17-7-5-6-10-24(17)21(25)15-11-16(14-22-13-15)23-19-12-18(26-2)8-9-20(19)27-3/h8-9,11-14,17,23H,4-7,10H2,1-3H3. The fourth-order valence-electron chi connectivity index (χ4n) is 3.55. The molecule has 1 saturated heterocycles. The predicted molar refractivity (Wildman–Crippen MR) is 106 cm³/mol. The number of amides is 1. The van der Waals surface area contributed by atoms with Crippen LogP contribution in [-0.2, 0) is 0 Å². The Morgan fingerprint density at radius 2 is 2.07 bits per heavy atom. The normalized spacial score (nSPS) is 16.7. The van der Waals surface area contributed by atoms with Crippen LogP contribution in [-0.4, -0.2) is 42.6 Å². The fourth-order valence-corrected chi connectivity index (χ4v) is 3.55. The van der Waals surface area contributed by atoms with Crippen LogP contribution >= 0.6 is 0 Å². The van der Waals surface area contributed by atoms with Gasteiger partial charge in [-0.1, -0.05) is 6.92 Å². The Bertz CT molecular complexity index is 794. The Morgan fingerprint density at radius 3 is 2.81 bits per heavy atom. The van der Waals surface area contributed by atoms with Crippen LogP contribution in [0.2, 0.25) is 0 Å². The smallest absolute Gasteiger partial charge is 0.255 e. The number of aromatic nitrogens is 1. The highest BCUT2D eigenvalue weighted by atomic mass is 16.5. The summed E-state index contributed by atoms with van der Waals surface area (Å²) in [5.74, 6) is 1.46. The molecule has 2 heterocycles. The van der Waals surface area contributed by atoms with Crippen LogP contribution in [0.15, 0.2) is 36.7 Å². The lowest BCUT2D eigenvalue weighted by Gasteiger charge is -2.35. The van der Waals surface area contributed by atoms with Crippen molar-refractivity contribution < 1.29 is 14.3 Å². The number of piperidine rings is 1. The number of ether oxygens (including phenoxy) is 2. The minimum atomic E-state index is 0.0512. The summed E-state index contributed by atoms with van der Waals surface area (Å²) in [5.41, 5.74) is 2.09. The summed E-state index contributed by atoms with van der Waals surface area (Å²) in [6.07, 6.45) is 7.65. The highest BCUT2D eigenvalue weighted by molar-refractivity contribution is 5.95. The van der Waals surface area contributed by atoms with Crippen molar-refractivity contribution in [3.8, 4) is 11.5 Å². The number of benzene rings is 1. The average Bonchev–Trinajstić information content (AvgIpc) is 2.73. The van der Waals surface area contributed by atoms with E-state index in [2.05, 4.69) is 17.2 Å². The maximum absolute atomic E-state index is 13.0. The molecule has 1 atom stereocenters. The van der Waals surface area contributed by atoms with Crippen molar-refractivity contribution in [2.75, 3.05) is 26.1 Å². The largest absolute Gasteiger partial charge is 0.497 e. The van der Waals surface area contributed by atoms with Crippen molar-refractivity contribution in [3.63, 3.8) is 0 Å². The van der Waals surface area contributed by atoms with E-state index in [1.165, 1.54) is 6.42 Å². The van der Waals surface area contributed by atoms with Crippen LogP contribution in [0.3, 0.4) is 0 Å². The molecule has 0 saturated carbocycles. The molecule has 0 aliphatic carbocycles. The lowest BCUT2D eigenvalue weighted by Crippen LogP contribution is -2.43. The van der Waals surface area contributed by atoms with E-state index in [9.17, 15) is 4.79 Å². The third kappa shape index (κ3) is 4.32. The number of nitrogens with zero attached hydrogens (tertiary/aromatic N) is 2. The first-order chi connectivity index (χ1) is 13.2. The summed E-state index contributed by atoms with van der Waals surface area (Å²) in [5, 5.41) is 3.28. The molecule has 1 N–H and O–H groups in total. The molecule has 0 spiro atoms. The SMILES string of the molecule is CCC1CCCCN1C(=O)c1cncc(Nc2cc(OC)ccc2OC)c1. The van der Waals surface area contributed by atoms with Gasteiger partial charge >= 0.3 is 0 Å². The Hall–Kier alpha value is -2.76. The van der Waals surface area contributed by atoms with Gasteiger partial charge in [0.2, 0.25) is 0 Å². The number of hydrogen-bond donors (Lipinski definition) is 1. The van der Waals surface area contributed by atoms with E-state index in [-0.39, 0.29) is 5.91 Å². The van der Waals surface area contributed by atoms with Gasteiger partial charge in [0.05, 0.1) is 37.4 Å². The molecule has 1 aliphatic rings. The molecule has 1 fully saturated rings. The zero-order valence-electron chi connectivity index (χ0n) is 16.2. The van der Waals surface area contributed by atoms with Gasteiger partial charge in [-0.05, 0) is 43.9 Å². The number of rotatable bonds is 6. The number of hydrogen-bond acceptors (Lipinski definition) is 5. The second-order valence-corrected chi connectivity index (χ2v) is 6.71. The maximum Gasteiger partial charge on any atom is 0.255 e. The highest BCUT2D eigenvalue weighted by Gasteiger charge is 2.26. The summed E-state index contributed by atoms with van der Waals surface area (Å²) < 4.78 is 10.7. The van der Waals surface area contributed by atoms with Crippen LogP contribution in [0.1, 0.15) is 43.0 Å². The minimum Gasteiger partial charge on any atom is -0.497 e. The van der Waals surface area contributed by atoms with E-state index in [1.54, 1.807) is 26.6 Å². The lowest BCUT2D eigenvalue weighted by atomic mass is 9.99. The monoisotopic (exact) mass is 369 g/mol. The number of carbonyl (C=O) groups is 1. The van der Waals surface area contributed by atoms with Gasteiger partial charge in [-0.2, -0.15) is 0 Å². The number of nitrogens with one attached hydrogen (secondary N) is 1. The number of carbonyl (C=O) groups excluding carboxylic acids is 1. The third-order valence-electron chi connectivity index (χ3n) is 5.03. The topological polar surface area (TPSA) is 63.7 Å². The fraction of sp³-hybridized carbons (Fsp3) is 0.429. The van der Waals surface area contributed by atoms with Crippen molar-refractivity contribution in [2.45, 2.75) is 38.6 Å². The van der Waals surface area contributed by atoms with E-state index in [0.29, 0.717) is 17.4 Å². The van der Waals surface area contributed by atoms with Crippen molar-refractivity contribution >= 4 is 17.3 Å². The van der Waals surface area contributed by atoms with Gasteiger partial charge in [0.25, 0.3) is 5.91 Å². The lowest BCUT2D eigenvalue weighted by molar-refractivity contribution is 0.0607. The number of methoxy groups -OCH3 is 2. The first-order valence-corrected chi connectivity index (χ1v) is 9.41. The Kier molecular flexibility index (Phi) is 6.16. The Labute approximate surface area is 160 Å². The summed E-state index contributed by atoms with van der Waals surface area (Å²) in [6.45, 7) is 2.96. The highest BCUT2D eigenvalue weighted by Crippen LogP contribution is 2.31. The van der Waals surface area contributed by atoms with Crippen molar-refractivity contribution in [3.05, 3.63) is 42.2 Å².